The molecule has 0 radical (unpaired) electrons. The number of carbonyl (C=O) groups is 3. The summed E-state index contributed by atoms with van der Waals surface area (Å²) < 4.78 is 0. The molecular formula is C27H31N9O3S2. The Kier molecular flexibility index (Phi) is 7.13. The lowest BCUT2D eigenvalue weighted by atomic mass is 9.70. The minimum atomic E-state index is -0.931. The number of aryl methyl sites for hydroxylation is 2. The van der Waals surface area contributed by atoms with Crippen molar-refractivity contribution in [2.75, 3.05) is 20.6 Å². The fourth-order valence-electron chi connectivity index (χ4n) is 6.50. The lowest BCUT2D eigenvalue weighted by molar-refractivity contribution is -0.131. The highest BCUT2D eigenvalue weighted by molar-refractivity contribution is 7.15. The molecule has 2 fully saturated rings. The number of nitrogens with one attached hydrogen (secondary N) is 4. The maximum absolute atomic E-state index is 13.2. The smallest absolute Gasteiger partial charge is 0.261 e. The van der Waals surface area contributed by atoms with Crippen LogP contribution in [0.15, 0.2) is 12.1 Å². The van der Waals surface area contributed by atoms with Gasteiger partial charge in [0.2, 0.25) is 5.91 Å². The molecule has 3 amide bonds. The SMILES string of the molecule is CNC(=O)c1cc2c(s1)CCc1sc(C(=O)NC)cc1C2(C[C@H](C)NCC(=O)N1C(C#N)C[C@@H]2C[C@@H]21)c1nn[nH]n1. The van der Waals surface area contributed by atoms with E-state index >= 15 is 0 Å². The van der Waals surface area contributed by atoms with Crippen LogP contribution in [0.3, 0.4) is 0 Å². The Hall–Kier alpha value is -3.67. The molecule has 12 nitrogen and oxygen atoms in total. The molecule has 41 heavy (non-hydrogen) atoms. The van der Waals surface area contributed by atoms with E-state index in [4.69, 9.17) is 0 Å². The fourth-order valence-corrected chi connectivity index (χ4v) is 8.87. The topological polar surface area (TPSA) is 169 Å². The number of aromatic nitrogens is 4. The summed E-state index contributed by atoms with van der Waals surface area (Å²) in [5.41, 5.74) is 0.888. The zero-order valence-corrected chi connectivity index (χ0v) is 24.6. The van der Waals surface area contributed by atoms with E-state index in [1.807, 2.05) is 19.1 Å². The number of nitriles is 1. The number of piperidine rings is 1. The van der Waals surface area contributed by atoms with Gasteiger partial charge in [0.05, 0.1) is 27.8 Å². The van der Waals surface area contributed by atoms with Crippen LogP contribution in [0.25, 0.3) is 0 Å². The van der Waals surface area contributed by atoms with Gasteiger partial charge in [0.15, 0.2) is 5.82 Å². The fraction of sp³-hybridized carbons (Fsp3) is 0.519. The molecule has 1 saturated heterocycles. The lowest BCUT2D eigenvalue weighted by Crippen LogP contribution is -2.46. The van der Waals surface area contributed by atoms with E-state index in [2.05, 4.69) is 42.6 Å². The summed E-state index contributed by atoms with van der Waals surface area (Å²) in [6.45, 7) is 2.11. The van der Waals surface area contributed by atoms with Crippen LogP contribution in [-0.4, -0.2) is 82.0 Å². The number of likely N-dealkylation sites (tertiary alicyclic amines) is 1. The van der Waals surface area contributed by atoms with Crippen LogP contribution < -0.4 is 16.0 Å². The lowest BCUT2D eigenvalue weighted by Gasteiger charge is -2.34. The van der Waals surface area contributed by atoms with Crippen LogP contribution >= 0.6 is 22.7 Å². The van der Waals surface area contributed by atoms with Crippen LogP contribution in [0, 0.1) is 17.2 Å². The largest absolute Gasteiger partial charge is 0.354 e. The maximum Gasteiger partial charge on any atom is 0.261 e. The molecule has 14 heteroatoms. The predicted octanol–water partition coefficient (Wildman–Crippen LogP) is 1.36. The number of H-pyrrole nitrogens is 1. The van der Waals surface area contributed by atoms with E-state index in [1.165, 1.54) is 22.7 Å². The van der Waals surface area contributed by atoms with Crippen molar-refractivity contribution in [1.29, 1.82) is 5.26 Å². The quantitative estimate of drug-likeness (QED) is 0.304. The van der Waals surface area contributed by atoms with Crippen molar-refractivity contribution in [2.45, 2.75) is 62.6 Å². The molecule has 0 aromatic carbocycles. The van der Waals surface area contributed by atoms with Gasteiger partial charge in [-0.1, -0.05) is 5.21 Å². The van der Waals surface area contributed by atoms with E-state index in [-0.39, 0.29) is 42.4 Å². The summed E-state index contributed by atoms with van der Waals surface area (Å²) in [4.78, 5) is 43.7. The standard InChI is InChI=1S/C27H31N9O3S2/c1-13(31-12-23(37)36-15(11-28)6-14-7-18(14)36)10-27(26-32-34-35-33-26)16-8-21(24(38)29-2)40-19(16)4-5-20-17(27)9-22(41-20)25(39)30-3/h8-9,13-15,18,31H,4-7,10,12H2,1-3H3,(H,29,38)(H,30,39)(H,32,33,34,35)/t13-,14+,15?,18-/m0/s1. The number of thiophene rings is 2. The first-order valence-corrected chi connectivity index (χ1v) is 15.3. The third-order valence-electron chi connectivity index (χ3n) is 8.50. The number of amides is 3. The van der Waals surface area contributed by atoms with Crippen LogP contribution in [0.5, 0.6) is 0 Å². The monoisotopic (exact) mass is 593 g/mol. The predicted molar refractivity (Wildman–Crippen MR) is 152 cm³/mol. The van der Waals surface area contributed by atoms with Gasteiger partial charge in [-0.25, -0.2) is 0 Å². The Morgan fingerprint density at radius 3 is 2.29 bits per heavy atom. The first kappa shape index (κ1) is 27.5. The summed E-state index contributed by atoms with van der Waals surface area (Å²) in [7, 11) is 3.22. The molecule has 4 N–H and O–H groups in total. The number of fused-ring (bicyclic) bond motifs is 3. The average molecular weight is 594 g/mol. The van der Waals surface area contributed by atoms with Gasteiger partial charge in [-0.2, -0.15) is 10.5 Å². The number of hydrogen-bond donors (Lipinski definition) is 4. The van der Waals surface area contributed by atoms with Crippen LogP contribution in [0.2, 0.25) is 0 Å². The summed E-state index contributed by atoms with van der Waals surface area (Å²) >= 11 is 2.91. The maximum atomic E-state index is 13.2. The average Bonchev–Trinajstić information content (AvgIpc) is 3.48. The second kappa shape index (κ2) is 10.6. The molecule has 0 bridgehead atoms. The summed E-state index contributed by atoms with van der Waals surface area (Å²) in [5, 5.41) is 33.8. The molecule has 3 aliphatic rings. The second-order valence-corrected chi connectivity index (χ2v) is 13.2. The highest BCUT2D eigenvalue weighted by atomic mass is 32.1. The summed E-state index contributed by atoms with van der Waals surface area (Å²) in [6.07, 6.45) is 3.58. The number of nitrogens with zero attached hydrogens (tertiary/aromatic N) is 5. The van der Waals surface area contributed by atoms with Crippen LogP contribution in [0.4, 0.5) is 0 Å². The van der Waals surface area contributed by atoms with E-state index in [9.17, 15) is 19.6 Å². The van der Waals surface area contributed by atoms with Gasteiger partial charge in [-0.15, -0.1) is 32.9 Å². The molecule has 6 rings (SSSR count). The Balaban J connectivity index is 1.39. The van der Waals surface area contributed by atoms with Gasteiger partial charge in [0.1, 0.15) is 6.04 Å². The number of carbonyl (C=O) groups excluding carboxylic acids is 3. The molecule has 3 aromatic rings. The van der Waals surface area contributed by atoms with Crippen molar-refractivity contribution in [3.05, 3.63) is 48.6 Å². The highest BCUT2D eigenvalue weighted by Crippen LogP contribution is 2.51. The molecular weight excluding hydrogens is 562 g/mol. The van der Waals surface area contributed by atoms with Gasteiger partial charge >= 0.3 is 0 Å². The minimum Gasteiger partial charge on any atom is -0.354 e. The summed E-state index contributed by atoms with van der Waals surface area (Å²) in [6, 6.07) is 5.72. The van der Waals surface area contributed by atoms with E-state index in [0.717, 1.165) is 33.7 Å². The van der Waals surface area contributed by atoms with E-state index in [0.29, 0.717) is 40.8 Å². The Morgan fingerprint density at radius 1 is 1.12 bits per heavy atom. The molecule has 1 saturated carbocycles. The van der Waals surface area contributed by atoms with Crippen molar-refractivity contribution in [1.82, 2.24) is 41.5 Å². The van der Waals surface area contributed by atoms with Gasteiger partial charge < -0.3 is 20.9 Å². The number of rotatable bonds is 8. The Labute approximate surface area is 244 Å². The molecule has 1 unspecified atom stereocenters. The van der Waals surface area contributed by atoms with Crippen LogP contribution in [0.1, 0.15) is 72.2 Å². The van der Waals surface area contributed by atoms with Gasteiger partial charge in [0.25, 0.3) is 11.8 Å². The van der Waals surface area contributed by atoms with Crippen molar-refractivity contribution >= 4 is 40.4 Å². The van der Waals surface area contributed by atoms with E-state index in [1.54, 1.807) is 19.0 Å². The molecule has 4 heterocycles. The highest BCUT2D eigenvalue weighted by Gasteiger charge is 2.54. The number of tetrazole rings is 1. The van der Waals surface area contributed by atoms with Crippen LogP contribution in [-0.2, 0) is 23.1 Å². The molecule has 4 atom stereocenters. The zero-order chi connectivity index (χ0) is 28.9. The number of hydrogen-bond acceptors (Lipinski definition) is 10. The van der Waals surface area contributed by atoms with Gasteiger partial charge in [0, 0.05) is 35.9 Å². The first-order chi connectivity index (χ1) is 19.8. The normalized spacial score (nSPS) is 22.5. The van der Waals surface area contributed by atoms with Crippen molar-refractivity contribution in [3.8, 4) is 6.07 Å². The van der Waals surface area contributed by atoms with Crippen molar-refractivity contribution in [2.24, 2.45) is 5.92 Å². The van der Waals surface area contributed by atoms with Crippen molar-refractivity contribution < 1.29 is 14.4 Å². The third kappa shape index (κ3) is 4.61. The van der Waals surface area contributed by atoms with Crippen molar-refractivity contribution in [3.63, 3.8) is 0 Å². The second-order valence-electron chi connectivity index (χ2n) is 10.9. The Bertz CT molecular complexity index is 1480. The van der Waals surface area contributed by atoms with E-state index < -0.39 is 5.41 Å². The Morgan fingerprint density at radius 2 is 1.76 bits per heavy atom. The molecule has 0 spiro atoms. The number of aromatic amines is 1. The molecule has 3 aromatic heterocycles. The third-order valence-corrected chi connectivity index (χ3v) is 10.9. The van der Waals surface area contributed by atoms with Gasteiger partial charge in [-0.05, 0) is 68.2 Å². The molecule has 2 aliphatic carbocycles. The van der Waals surface area contributed by atoms with Gasteiger partial charge in [-0.3, -0.25) is 14.4 Å². The zero-order valence-electron chi connectivity index (χ0n) is 23.0. The first-order valence-electron chi connectivity index (χ1n) is 13.7. The minimum absolute atomic E-state index is 0.0703. The summed E-state index contributed by atoms with van der Waals surface area (Å²) in [5.74, 6) is 0.476. The molecule has 214 valence electrons. The molecule has 1 aliphatic heterocycles.